The molecule has 0 spiro atoms. The minimum atomic E-state index is 0.00511. The van der Waals surface area contributed by atoms with Gasteiger partial charge in [-0.3, -0.25) is 4.79 Å². The number of methoxy groups -OCH3 is 2. The maximum Gasteiger partial charge on any atom is 0.254 e. The number of fused-ring (bicyclic) bond motifs is 1. The maximum atomic E-state index is 13.4. The van der Waals surface area contributed by atoms with E-state index in [4.69, 9.17) is 18.9 Å². The third kappa shape index (κ3) is 3.59. The van der Waals surface area contributed by atoms with Crippen LogP contribution in [0.1, 0.15) is 41.6 Å². The number of carbonyl (C=O) groups is 1. The number of benzene rings is 2. The number of rotatable bonds is 6. The van der Waals surface area contributed by atoms with Gasteiger partial charge in [-0.15, -0.1) is 0 Å². The fourth-order valence-electron chi connectivity index (χ4n) is 3.95. The molecule has 6 heteroatoms. The molecule has 2 aromatic carbocycles. The van der Waals surface area contributed by atoms with Gasteiger partial charge in [-0.05, 0) is 48.7 Å². The van der Waals surface area contributed by atoms with E-state index < -0.39 is 0 Å². The normalized spacial score (nSPS) is 15.5. The molecule has 0 unspecified atom stereocenters. The van der Waals surface area contributed by atoms with E-state index in [1.807, 2.05) is 23.1 Å². The average Bonchev–Trinajstić information content (AvgIpc) is 3.42. The standard InChI is InChI=1S/C22H25NO5/c1-25-18-10-8-16(12-20(18)26-2)22(24)23(17-5-3-4-6-17)13-15-7-9-19-21(11-15)28-14-27-19/h7-12,17H,3-6,13-14H2,1-2H3. The molecule has 0 aromatic heterocycles. The fourth-order valence-corrected chi connectivity index (χ4v) is 3.95. The molecule has 0 saturated heterocycles. The lowest BCUT2D eigenvalue weighted by atomic mass is 10.1. The Morgan fingerprint density at radius 1 is 1.00 bits per heavy atom. The van der Waals surface area contributed by atoms with Gasteiger partial charge in [-0.1, -0.05) is 18.9 Å². The van der Waals surface area contributed by atoms with Crippen LogP contribution in [0.3, 0.4) is 0 Å². The van der Waals surface area contributed by atoms with Gasteiger partial charge in [-0.2, -0.15) is 0 Å². The zero-order valence-corrected chi connectivity index (χ0v) is 16.3. The molecule has 6 nitrogen and oxygen atoms in total. The van der Waals surface area contributed by atoms with Crippen molar-refractivity contribution in [3.05, 3.63) is 47.5 Å². The summed E-state index contributed by atoms with van der Waals surface area (Å²) in [6.07, 6.45) is 4.37. The van der Waals surface area contributed by atoms with Gasteiger partial charge in [0.05, 0.1) is 14.2 Å². The molecular weight excluding hydrogens is 358 g/mol. The van der Waals surface area contributed by atoms with Crippen LogP contribution in [0.25, 0.3) is 0 Å². The Hall–Kier alpha value is -2.89. The smallest absolute Gasteiger partial charge is 0.254 e. The molecule has 0 radical (unpaired) electrons. The van der Waals surface area contributed by atoms with Crippen molar-refractivity contribution in [3.63, 3.8) is 0 Å². The highest BCUT2D eigenvalue weighted by molar-refractivity contribution is 5.95. The third-order valence-corrected chi connectivity index (χ3v) is 5.45. The van der Waals surface area contributed by atoms with Gasteiger partial charge in [0.25, 0.3) is 5.91 Å². The first-order valence-electron chi connectivity index (χ1n) is 9.61. The van der Waals surface area contributed by atoms with Gasteiger partial charge in [0.15, 0.2) is 23.0 Å². The lowest BCUT2D eigenvalue weighted by molar-refractivity contribution is 0.0664. The van der Waals surface area contributed by atoms with E-state index in [0.717, 1.165) is 42.7 Å². The minimum absolute atomic E-state index is 0.00511. The lowest BCUT2D eigenvalue weighted by Gasteiger charge is -2.29. The van der Waals surface area contributed by atoms with E-state index in [1.165, 1.54) is 0 Å². The minimum Gasteiger partial charge on any atom is -0.493 e. The molecule has 1 amide bonds. The van der Waals surface area contributed by atoms with Crippen molar-refractivity contribution < 1.29 is 23.7 Å². The topological polar surface area (TPSA) is 57.2 Å². The summed E-state index contributed by atoms with van der Waals surface area (Å²) >= 11 is 0. The number of nitrogens with zero attached hydrogens (tertiary/aromatic N) is 1. The molecule has 1 aliphatic heterocycles. The third-order valence-electron chi connectivity index (χ3n) is 5.45. The number of hydrogen-bond acceptors (Lipinski definition) is 5. The highest BCUT2D eigenvalue weighted by atomic mass is 16.7. The second-order valence-electron chi connectivity index (χ2n) is 7.13. The van der Waals surface area contributed by atoms with Crippen molar-refractivity contribution in [3.8, 4) is 23.0 Å². The van der Waals surface area contributed by atoms with E-state index in [1.54, 1.807) is 32.4 Å². The van der Waals surface area contributed by atoms with Crippen LogP contribution in [-0.2, 0) is 6.54 Å². The molecule has 1 heterocycles. The fraction of sp³-hybridized carbons (Fsp3) is 0.409. The highest BCUT2D eigenvalue weighted by Crippen LogP contribution is 2.35. The van der Waals surface area contributed by atoms with Gasteiger partial charge >= 0.3 is 0 Å². The quantitative estimate of drug-likeness (QED) is 0.754. The van der Waals surface area contributed by atoms with Crippen molar-refractivity contribution in [1.82, 2.24) is 4.90 Å². The van der Waals surface area contributed by atoms with E-state index >= 15 is 0 Å². The van der Waals surface area contributed by atoms with Gasteiger partial charge in [0.2, 0.25) is 6.79 Å². The summed E-state index contributed by atoms with van der Waals surface area (Å²) in [5, 5.41) is 0. The molecule has 2 aliphatic rings. The zero-order valence-electron chi connectivity index (χ0n) is 16.3. The van der Waals surface area contributed by atoms with Crippen LogP contribution in [0, 0.1) is 0 Å². The number of hydrogen-bond donors (Lipinski definition) is 0. The first-order chi connectivity index (χ1) is 13.7. The Bertz CT molecular complexity index is 860. The number of carbonyl (C=O) groups excluding carboxylic acids is 1. The summed E-state index contributed by atoms with van der Waals surface area (Å²) in [4.78, 5) is 15.4. The van der Waals surface area contributed by atoms with E-state index in [2.05, 4.69) is 0 Å². The van der Waals surface area contributed by atoms with Gasteiger partial charge < -0.3 is 23.8 Å². The Morgan fingerprint density at radius 3 is 2.50 bits per heavy atom. The number of amides is 1. The average molecular weight is 383 g/mol. The van der Waals surface area contributed by atoms with Crippen LogP contribution < -0.4 is 18.9 Å². The van der Waals surface area contributed by atoms with E-state index in [9.17, 15) is 4.79 Å². The Balaban J connectivity index is 1.61. The molecular formula is C22H25NO5. The lowest BCUT2D eigenvalue weighted by Crippen LogP contribution is -2.38. The van der Waals surface area contributed by atoms with Crippen molar-refractivity contribution in [1.29, 1.82) is 0 Å². The first kappa shape index (κ1) is 18.5. The molecule has 0 atom stereocenters. The van der Waals surface area contributed by atoms with Gasteiger partial charge in [-0.25, -0.2) is 0 Å². The van der Waals surface area contributed by atoms with Crippen LogP contribution in [0.4, 0.5) is 0 Å². The summed E-state index contributed by atoms with van der Waals surface area (Å²) < 4.78 is 21.6. The van der Waals surface area contributed by atoms with E-state index in [-0.39, 0.29) is 18.7 Å². The molecule has 148 valence electrons. The van der Waals surface area contributed by atoms with Crippen molar-refractivity contribution >= 4 is 5.91 Å². The summed E-state index contributed by atoms with van der Waals surface area (Å²) in [6.45, 7) is 0.782. The van der Waals surface area contributed by atoms with Crippen LogP contribution in [0.15, 0.2) is 36.4 Å². The predicted octanol–water partition coefficient (Wildman–Crippen LogP) is 4.02. The summed E-state index contributed by atoms with van der Waals surface area (Å²) in [7, 11) is 3.16. The molecule has 0 bridgehead atoms. The SMILES string of the molecule is COc1ccc(C(=O)N(Cc2ccc3c(c2)OCO3)C2CCCC2)cc1OC. The predicted molar refractivity (Wildman–Crippen MR) is 104 cm³/mol. The van der Waals surface area contributed by atoms with Crippen LogP contribution in [-0.4, -0.2) is 37.9 Å². The highest BCUT2D eigenvalue weighted by Gasteiger charge is 2.28. The van der Waals surface area contributed by atoms with Crippen LogP contribution in [0.2, 0.25) is 0 Å². The Kier molecular flexibility index (Phi) is 5.28. The van der Waals surface area contributed by atoms with Crippen LogP contribution >= 0.6 is 0 Å². The van der Waals surface area contributed by atoms with Gasteiger partial charge in [0, 0.05) is 18.2 Å². The molecule has 0 N–H and O–H groups in total. The Labute approximate surface area is 165 Å². The maximum absolute atomic E-state index is 13.4. The second kappa shape index (κ2) is 8.00. The zero-order chi connectivity index (χ0) is 19.5. The van der Waals surface area contributed by atoms with Crippen LogP contribution in [0.5, 0.6) is 23.0 Å². The largest absolute Gasteiger partial charge is 0.493 e. The molecule has 1 saturated carbocycles. The molecule has 1 aliphatic carbocycles. The monoisotopic (exact) mass is 383 g/mol. The first-order valence-corrected chi connectivity index (χ1v) is 9.61. The van der Waals surface area contributed by atoms with E-state index in [0.29, 0.717) is 23.6 Å². The number of ether oxygens (including phenoxy) is 4. The molecule has 28 heavy (non-hydrogen) atoms. The van der Waals surface area contributed by atoms with Crippen molar-refractivity contribution in [2.75, 3.05) is 21.0 Å². The molecule has 4 rings (SSSR count). The van der Waals surface area contributed by atoms with Crippen molar-refractivity contribution in [2.24, 2.45) is 0 Å². The summed E-state index contributed by atoms with van der Waals surface area (Å²) in [6, 6.07) is 11.4. The molecule has 1 fully saturated rings. The summed E-state index contributed by atoms with van der Waals surface area (Å²) in [5.74, 6) is 2.67. The summed E-state index contributed by atoms with van der Waals surface area (Å²) in [5.41, 5.74) is 1.63. The second-order valence-corrected chi connectivity index (χ2v) is 7.13. The van der Waals surface area contributed by atoms with Gasteiger partial charge in [0.1, 0.15) is 0 Å². The Morgan fingerprint density at radius 2 is 1.75 bits per heavy atom. The molecule has 2 aromatic rings. The van der Waals surface area contributed by atoms with Crippen molar-refractivity contribution in [2.45, 2.75) is 38.3 Å².